The number of nitrogens with zero attached hydrogens (tertiary/aromatic N) is 5. The van der Waals surface area contributed by atoms with E-state index in [9.17, 15) is 4.79 Å². The molecule has 1 aliphatic rings. The van der Waals surface area contributed by atoms with E-state index in [0.29, 0.717) is 25.3 Å². The molecule has 0 aliphatic carbocycles. The molecule has 3 heterocycles. The van der Waals surface area contributed by atoms with Crippen molar-refractivity contribution in [1.82, 2.24) is 19.5 Å². The maximum absolute atomic E-state index is 13.6. The van der Waals surface area contributed by atoms with Gasteiger partial charge in [0.1, 0.15) is 5.75 Å². The Morgan fingerprint density at radius 2 is 1.82 bits per heavy atom. The number of hydrogen-bond donors (Lipinski definition) is 0. The Labute approximate surface area is 196 Å². The van der Waals surface area contributed by atoms with E-state index in [0.717, 1.165) is 41.6 Å². The van der Waals surface area contributed by atoms with Crippen LogP contribution in [0.4, 0.5) is 5.69 Å². The van der Waals surface area contributed by atoms with Crippen molar-refractivity contribution in [2.45, 2.75) is 52.9 Å². The molecule has 1 amide bonds. The van der Waals surface area contributed by atoms with Gasteiger partial charge in [0, 0.05) is 43.9 Å². The highest BCUT2D eigenvalue weighted by atomic mass is 16.5. The third-order valence-corrected chi connectivity index (χ3v) is 6.14. The predicted molar refractivity (Wildman–Crippen MR) is 132 cm³/mol. The average Bonchev–Trinajstić information content (AvgIpc) is 3.23. The van der Waals surface area contributed by atoms with Gasteiger partial charge >= 0.3 is 0 Å². The molecule has 0 saturated carbocycles. The highest BCUT2D eigenvalue weighted by molar-refractivity contribution is 5.95. The summed E-state index contributed by atoms with van der Waals surface area (Å²) in [4.78, 5) is 22.4. The monoisotopic (exact) mass is 449 g/mol. The van der Waals surface area contributed by atoms with E-state index in [4.69, 9.17) is 9.84 Å². The van der Waals surface area contributed by atoms with Crippen LogP contribution in [0, 0.1) is 0 Å². The first kappa shape index (κ1) is 23.1. The number of carbonyl (C=O) groups excluding carboxylic acids is 1. The highest BCUT2D eigenvalue weighted by Crippen LogP contribution is 2.30. The standard InChI is InChI=1S/C26H35N5O2/c1-7-33-21-11-9-8-10-20(21)29-12-14-30(15-13-29)25(32)19-17-27-23-16-22(26(4,5)6)28-31(23)24(19)18(2)3/h8-11,16-18H,7,12-15H2,1-6H3. The minimum Gasteiger partial charge on any atom is -0.492 e. The number of fused-ring (bicyclic) bond motifs is 1. The van der Waals surface area contributed by atoms with Gasteiger partial charge in [-0.25, -0.2) is 9.50 Å². The molecule has 2 aromatic heterocycles. The Hall–Kier alpha value is -3.09. The van der Waals surface area contributed by atoms with Crippen LogP contribution in [0.2, 0.25) is 0 Å². The van der Waals surface area contributed by atoms with E-state index in [1.54, 1.807) is 6.20 Å². The zero-order valence-corrected chi connectivity index (χ0v) is 20.6. The molecule has 33 heavy (non-hydrogen) atoms. The number of hydrogen-bond acceptors (Lipinski definition) is 5. The first-order valence-corrected chi connectivity index (χ1v) is 11.9. The average molecular weight is 450 g/mol. The summed E-state index contributed by atoms with van der Waals surface area (Å²) in [7, 11) is 0. The van der Waals surface area contributed by atoms with E-state index in [1.807, 2.05) is 40.6 Å². The molecule has 0 atom stereocenters. The lowest BCUT2D eigenvalue weighted by Crippen LogP contribution is -2.49. The van der Waals surface area contributed by atoms with Crippen LogP contribution in [0.5, 0.6) is 5.75 Å². The Morgan fingerprint density at radius 3 is 2.45 bits per heavy atom. The van der Waals surface area contributed by atoms with Crippen molar-refractivity contribution in [2.24, 2.45) is 0 Å². The molecule has 176 valence electrons. The number of amides is 1. The van der Waals surface area contributed by atoms with Crippen molar-refractivity contribution in [1.29, 1.82) is 0 Å². The van der Waals surface area contributed by atoms with Crippen molar-refractivity contribution in [2.75, 3.05) is 37.7 Å². The van der Waals surface area contributed by atoms with Crippen molar-refractivity contribution >= 4 is 17.2 Å². The lowest BCUT2D eigenvalue weighted by atomic mass is 9.93. The van der Waals surface area contributed by atoms with Gasteiger partial charge in [-0.3, -0.25) is 4.79 Å². The van der Waals surface area contributed by atoms with Gasteiger partial charge in [-0.1, -0.05) is 46.8 Å². The Bertz CT molecular complexity index is 1140. The summed E-state index contributed by atoms with van der Waals surface area (Å²) in [6.45, 7) is 16.1. The molecule has 0 radical (unpaired) electrons. The Morgan fingerprint density at radius 1 is 1.12 bits per heavy atom. The van der Waals surface area contributed by atoms with Gasteiger partial charge in [0.25, 0.3) is 5.91 Å². The van der Waals surface area contributed by atoms with E-state index in [1.165, 1.54) is 0 Å². The summed E-state index contributed by atoms with van der Waals surface area (Å²) in [6, 6.07) is 10.1. The minimum atomic E-state index is -0.0831. The quantitative estimate of drug-likeness (QED) is 0.573. The number of para-hydroxylation sites is 2. The summed E-state index contributed by atoms with van der Waals surface area (Å²) in [5.41, 5.74) is 4.33. The number of carbonyl (C=O) groups is 1. The molecular formula is C26H35N5O2. The van der Waals surface area contributed by atoms with Crippen LogP contribution in [0.15, 0.2) is 36.5 Å². The van der Waals surface area contributed by atoms with Gasteiger partial charge < -0.3 is 14.5 Å². The van der Waals surface area contributed by atoms with Gasteiger partial charge in [-0.2, -0.15) is 5.10 Å². The molecule has 1 fully saturated rings. The summed E-state index contributed by atoms with van der Waals surface area (Å²) >= 11 is 0. The summed E-state index contributed by atoms with van der Waals surface area (Å²) in [6.07, 6.45) is 1.73. The molecule has 0 unspecified atom stereocenters. The summed E-state index contributed by atoms with van der Waals surface area (Å²) in [5.74, 6) is 1.06. The predicted octanol–water partition coefficient (Wildman–Crippen LogP) is 4.51. The maximum Gasteiger partial charge on any atom is 0.257 e. The first-order chi connectivity index (χ1) is 15.7. The van der Waals surface area contributed by atoms with E-state index >= 15 is 0 Å². The largest absolute Gasteiger partial charge is 0.492 e. The molecule has 1 saturated heterocycles. The van der Waals surface area contributed by atoms with Gasteiger partial charge in [0.2, 0.25) is 0 Å². The second-order valence-electron chi connectivity index (χ2n) is 9.94. The second-order valence-corrected chi connectivity index (χ2v) is 9.94. The van der Waals surface area contributed by atoms with Crippen molar-refractivity contribution < 1.29 is 9.53 Å². The minimum absolute atomic E-state index is 0.0265. The number of ether oxygens (including phenoxy) is 1. The van der Waals surface area contributed by atoms with Crippen LogP contribution >= 0.6 is 0 Å². The first-order valence-electron chi connectivity index (χ1n) is 11.9. The SMILES string of the molecule is CCOc1ccccc1N1CCN(C(=O)c2cnc3cc(C(C)(C)C)nn3c2C(C)C)CC1. The van der Waals surface area contributed by atoms with Crippen LogP contribution in [0.25, 0.3) is 5.65 Å². The van der Waals surface area contributed by atoms with E-state index in [-0.39, 0.29) is 17.2 Å². The lowest BCUT2D eigenvalue weighted by Gasteiger charge is -2.37. The molecule has 1 aliphatic heterocycles. The zero-order chi connectivity index (χ0) is 23.8. The molecule has 1 aromatic carbocycles. The molecule has 3 aromatic rings. The molecule has 0 spiro atoms. The second kappa shape index (κ2) is 9.04. The maximum atomic E-state index is 13.6. The van der Waals surface area contributed by atoms with Gasteiger partial charge in [-0.05, 0) is 25.0 Å². The fraction of sp³-hybridized carbons (Fsp3) is 0.500. The summed E-state index contributed by atoms with van der Waals surface area (Å²) in [5, 5.41) is 4.83. The zero-order valence-electron chi connectivity index (χ0n) is 20.6. The lowest BCUT2D eigenvalue weighted by molar-refractivity contribution is 0.0743. The number of piperazine rings is 1. The molecule has 4 rings (SSSR count). The normalized spacial score (nSPS) is 14.9. The molecular weight excluding hydrogens is 414 g/mol. The van der Waals surface area contributed by atoms with Gasteiger partial charge in [0.15, 0.2) is 5.65 Å². The van der Waals surface area contributed by atoms with Gasteiger partial charge in [-0.15, -0.1) is 0 Å². The van der Waals surface area contributed by atoms with Crippen LogP contribution in [-0.2, 0) is 5.41 Å². The fourth-order valence-electron chi connectivity index (χ4n) is 4.36. The Balaban J connectivity index is 1.58. The summed E-state index contributed by atoms with van der Waals surface area (Å²) < 4.78 is 7.67. The third kappa shape index (κ3) is 4.54. The van der Waals surface area contributed by atoms with Crippen molar-refractivity contribution in [3.05, 3.63) is 53.5 Å². The van der Waals surface area contributed by atoms with E-state index < -0.39 is 0 Å². The molecule has 7 nitrogen and oxygen atoms in total. The fourth-order valence-corrected chi connectivity index (χ4v) is 4.36. The van der Waals surface area contributed by atoms with Crippen molar-refractivity contribution in [3.8, 4) is 5.75 Å². The van der Waals surface area contributed by atoms with Crippen LogP contribution in [0.3, 0.4) is 0 Å². The number of anilines is 1. The highest BCUT2D eigenvalue weighted by Gasteiger charge is 2.28. The molecule has 7 heteroatoms. The molecule has 0 bridgehead atoms. The van der Waals surface area contributed by atoms with Gasteiger partial charge in [0.05, 0.1) is 29.2 Å². The number of aromatic nitrogens is 3. The number of rotatable bonds is 5. The van der Waals surface area contributed by atoms with Crippen LogP contribution in [-0.4, -0.2) is 58.2 Å². The third-order valence-electron chi connectivity index (χ3n) is 6.14. The topological polar surface area (TPSA) is 63.0 Å². The Kier molecular flexibility index (Phi) is 6.32. The van der Waals surface area contributed by atoms with E-state index in [2.05, 4.69) is 50.6 Å². The number of benzene rings is 1. The molecule has 0 N–H and O–H groups in total. The smallest absolute Gasteiger partial charge is 0.257 e. The van der Waals surface area contributed by atoms with Crippen LogP contribution in [0.1, 0.15) is 69.2 Å². The van der Waals surface area contributed by atoms with Crippen molar-refractivity contribution in [3.63, 3.8) is 0 Å². The van der Waals surface area contributed by atoms with Crippen LogP contribution < -0.4 is 9.64 Å².